The highest BCUT2D eigenvalue weighted by atomic mass is 19.1. The average Bonchev–Trinajstić information content (AvgIpc) is 2.29. The van der Waals surface area contributed by atoms with Crippen molar-refractivity contribution in [2.24, 2.45) is 0 Å². The first-order valence-corrected chi connectivity index (χ1v) is 6.28. The van der Waals surface area contributed by atoms with E-state index in [0.717, 1.165) is 18.4 Å². The molecular weight excluding hydrogens is 233 g/mol. The Kier molecular flexibility index (Phi) is 3.97. The van der Waals surface area contributed by atoms with Crippen LogP contribution in [-0.2, 0) is 4.74 Å². The summed E-state index contributed by atoms with van der Waals surface area (Å²) >= 11 is 0. The van der Waals surface area contributed by atoms with E-state index in [-0.39, 0.29) is 23.6 Å². The predicted octanol–water partition coefficient (Wildman–Crippen LogP) is 2.43. The van der Waals surface area contributed by atoms with Crippen LogP contribution in [0.25, 0.3) is 0 Å². The van der Waals surface area contributed by atoms with E-state index >= 15 is 0 Å². The molecule has 1 amide bonds. The average molecular weight is 251 g/mol. The summed E-state index contributed by atoms with van der Waals surface area (Å²) in [6.45, 7) is 4.48. The smallest absolute Gasteiger partial charge is 0.254 e. The van der Waals surface area contributed by atoms with Gasteiger partial charge in [-0.25, -0.2) is 4.39 Å². The Morgan fingerprint density at radius 3 is 2.89 bits per heavy atom. The molecule has 1 aromatic carbocycles. The molecule has 2 rings (SSSR count). The number of halogens is 1. The Labute approximate surface area is 106 Å². The molecule has 1 aliphatic carbocycles. The maximum atomic E-state index is 13.5. The summed E-state index contributed by atoms with van der Waals surface area (Å²) in [5, 5.41) is 2.83. The lowest BCUT2D eigenvalue weighted by atomic mass is 9.89. The van der Waals surface area contributed by atoms with E-state index in [1.165, 1.54) is 6.07 Å². The van der Waals surface area contributed by atoms with Crippen molar-refractivity contribution in [1.29, 1.82) is 0 Å². The van der Waals surface area contributed by atoms with Crippen molar-refractivity contribution >= 4 is 5.91 Å². The van der Waals surface area contributed by atoms with E-state index in [1.807, 2.05) is 13.8 Å². The third-order valence-electron chi connectivity index (χ3n) is 3.20. The number of rotatable bonds is 4. The number of carbonyl (C=O) groups excluding carboxylic acids is 1. The number of hydrogen-bond acceptors (Lipinski definition) is 2. The zero-order valence-electron chi connectivity index (χ0n) is 10.7. The summed E-state index contributed by atoms with van der Waals surface area (Å²) in [4.78, 5) is 11.9. The Morgan fingerprint density at radius 1 is 1.50 bits per heavy atom. The van der Waals surface area contributed by atoms with Crippen LogP contribution in [0.5, 0.6) is 0 Å². The number of hydrogen-bond donors (Lipinski definition) is 1. The normalized spacial score (nSPS) is 22.4. The zero-order chi connectivity index (χ0) is 13.1. The fourth-order valence-electron chi connectivity index (χ4n) is 2.13. The lowest BCUT2D eigenvalue weighted by Gasteiger charge is -2.35. The molecule has 1 fully saturated rings. The topological polar surface area (TPSA) is 38.3 Å². The molecule has 1 saturated carbocycles. The number of nitrogens with one attached hydrogen (secondary N) is 1. The highest BCUT2D eigenvalue weighted by Crippen LogP contribution is 2.23. The molecule has 0 aromatic heterocycles. The van der Waals surface area contributed by atoms with Gasteiger partial charge in [-0.3, -0.25) is 4.79 Å². The molecule has 0 bridgehead atoms. The van der Waals surface area contributed by atoms with Gasteiger partial charge in [0.2, 0.25) is 0 Å². The van der Waals surface area contributed by atoms with Gasteiger partial charge in [0.1, 0.15) is 5.82 Å². The highest BCUT2D eigenvalue weighted by Gasteiger charge is 2.31. The standard InChI is InChI=1S/C14H18FNO2/c1-3-18-11-7-10(8-11)16-14(17)12-6-9(2)4-5-13(12)15/h4-6,10-11H,3,7-8H2,1-2H3,(H,16,17). The summed E-state index contributed by atoms with van der Waals surface area (Å²) in [7, 11) is 0. The minimum atomic E-state index is -0.473. The second-order valence-corrected chi connectivity index (χ2v) is 4.70. The number of aryl methyl sites for hydroxylation is 1. The summed E-state index contributed by atoms with van der Waals surface area (Å²) in [5.41, 5.74) is 0.997. The molecular formula is C14H18FNO2. The quantitative estimate of drug-likeness (QED) is 0.892. The van der Waals surface area contributed by atoms with Gasteiger partial charge in [-0.1, -0.05) is 11.6 Å². The van der Waals surface area contributed by atoms with Crippen LogP contribution in [0, 0.1) is 12.7 Å². The minimum absolute atomic E-state index is 0.106. The van der Waals surface area contributed by atoms with Crippen LogP contribution in [0.1, 0.15) is 35.7 Å². The summed E-state index contributed by atoms with van der Waals surface area (Å²) in [6.07, 6.45) is 1.86. The van der Waals surface area contributed by atoms with Crippen molar-refractivity contribution in [2.45, 2.75) is 38.8 Å². The van der Waals surface area contributed by atoms with Crippen LogP contribution in [0.15, 0.2) is 18.2 Å². The molecule has 0 unspecified atom stereocenters. The van der Waals surface area contributed by atoms with Crippen molar-refractivity contribution in [2.75, 3.05) is 6.61 Å². The summed E-state index contributed by atoms with van der Waals surface area (Å²) < 4.78 is 18.9. The Balaban J connectivity index is 1.91. The van der Waals surface area contributed by atoms with Gasteiger partial charge >= 0.3 is 0 Å². The van der Waals surface area contributed by atoms with E-state index in [4.69, 9.17) is 4.74 Å². The zero-order valence-corrected chi connectivity index (χ0v) is 10.7. The van der Waals surface area contributed by atoms with E-state index < -0.39 is 5.82 Å². The lowest BCUT2D eigenvalue weighted by molar-refractivity contribution is -0.00865. The molecule has 18 heavy (non-hydrogen) atoms. The van der Waals surface area contributed by atoms with Crippen molar-refractivity contribution < 1.29 is 13.9 Å². The van der Waals surface area contributed by atoms with Crippen LogP contribution in [-0.4, -0.2) is 24.7 Å². The first-order valence-electron chi connectivity index (χ1n) is 6.28. The van der Waals surface area contributed by atoms with E-state index in [9.17, 15) is 9.18 Å². The number of benzene rings is 1. The fraction of sp³-hybridized carbons (Fsp3) is 0.500. The summed E-state index contributed by atoms with van der Waals surface area (Å²) in [5.74, 6) is -0.810. The first kappa shape index (κ1) is 13.0. The van der Waals surface area contributed by atoms with Crippen LogP contribution in [0.3, 0.4) is 0 Å². The molecule has 1 aromatic rings. The van der Waals surface area contributed by atoms with Gasteiger partial charge in [-0.15, -0.1) is 0 Å². The fourth-order valence-corrected chi connectivity index (χ4v) is 2.13. The van der Waals surface area contributed by atoms with E-state index in [2.05, 4.69) is 5.32 Å². The molecule has 0 aliphatic heterocycles. The molecule has 98 valence electrons. The van der Waals surface area contributed by atoms with E-state index in [1.54, 1.807) is 12.1 Å². The van der Waals surface area contributed by atoms with Crippen LogP contribution < -0.4 is 5.32 Å². The molecule has 1 N–H and O–H groups in total. The number of amides is 1. The third kappa shape index (κ3) is 2.88. The Morgan fingerprint density at radius 2 is 2.22 bits per heavy atom. The number of carbonyl (C=O) groups is 1. The van der Waals surface area contributed by atoms with Crippen molar-refractivity contribution in [3.8, 4) is 0 Å². The maximum Gasteiger partial charge on any atom is 0.254 e. The molecule has 3 nitrogen and oxygen atoms in total. The molecule has 1 aliphatic rings. The molecule has 0 atom stereocenters. The third-order valence-corrected chi connectivity index (χ3v) is 3.20. The van der Waals surface area contributed by atoms with Crippen LogP contribution in [0.2, 0.25) is 0 Å². The molecule has 0 heterocycles. The van der Waals surface area contributed by atoms with Gasteiger partial charge < -0.3 is 10.1 Å². The lowest BCUT2D eigenvalue weighted by Crippen LogP contribution is -2.48. The molecule has 4 heteroatoms. The van der Waals surface area contributed by atoms with Crippen molar-refractivity contribution in [3.63, 3.8) is 0 Å². The van der Waals surface area contributed by atoms with Crippen molar-refractivity contribution in [1.82, 2.24) is 5.32 Å². The largest absolute Gasteiger partial charge is 0.378 e. The molecule has 0 spiro atoms. The molecule has 0 radical (unpaired) electrons. The monoisotopic (exact) mass is 251 g/mol. The minimum Gasteiger partial charge on any atom is -0.378 e. The Hall–Kier alpha value is -1.42. The van der Waals surface area contributed by atoms with Crippen LogP contribution >= 0.6 is 0 Å². The second kappa shape index (κ2) is 5.48. The van der Waals surface area contributed by atoms with Crippen molar-refractivity contribution in [3.05, 3.63) is 35.1 Å². The highest BCUT2D eigenvalue weighted by molar-refractivity contribution is 5.94. The van der Waals surface area contributed by atoms with Gasteiger partial charge in [0.05, 0.1) is 11.7 Å². The maximum absolute atomic E-state index is 13.5. The Bertz CT molecular complexity index is 441. The second-order valence-electron chi connectivity index (χ2n) is 4.70. The van der Waals surface area contributed by atoms with Gasteiger partial charge in [0.25, 0.3) is 5.91 Å². The van der Waals surface area contributed by atoms with Crippen LogP contribution in [0.4, 0.5) is 4.39 Å². The first-order chi connectivity index (χ1) is 8.60. The molecule has 0 saturated heterocycles. The van der Waals surface area contributed by atoms with Gasteiger partial charge in [0.15, 0.2) is 0 Å². The predicted molar refractivity (Wildman–Crippen MR) is 67.0 cm³/mol. The van der Waals surface area contributed by atoms with Gasteiger partial charge in [-0.2, -0.15) is 0 Å². The summed E-state index contributed by atoms with van der Waals surface area (Å²) in [6, 6.07) is 4.66. The SMILES string of the molecule is CCOC1CC(NC(=O)c2cc(C)ccc2F)C1. The van der Waals surface area contributed by atoms with Gasteiger partial charge in [0, 0.05) is 12.6 Å². The van der Waals surface area contributed by atoms with E-state index in [0.29, 0.717) is 6.61 Å². The van der Waals surface area contributed by atoms with Gasteiger partial charge in [-0.05, 0) is 38.8 Å². The number of ether oxygens (including phenoxy) is 1.